The van der Waals surface area contributed by atoms with Crippen molar-refractivity contribution in [3.63, 3.8) is 0 Å². The normalized spacial score (nSPS) is 11.8. The molecule has 6 aromatic rings. The average molecular weight is 418 g/mol. The molecule has 2 heterocycles. The fraction of sp³-hybridized carbons (Fsp3) is 0.107. The molecule has 4 aromatic carbocycles. The van der Waals surface area contributed by atoms with Crippen LogP contribution in [0, 0.1) is 0 Å². The molecule has 156 valence electrons. The second kappa shape index (κ2) is 7.27. The fourth-order valence-corrected chi connectivity index (χ4v) is 4.98. The van der Waals surface area contributed by atoms with Crippen LogP contribution in [0.1, 0.15) is 13.1 Å². The van der Waals surface area contributed by atoms with E-state index >= 15 is 0 Å². The quantitative estimate of drug-likeness (QED) is 0.306. The van der Waals surface area contributed by atoms with Crippen molar-refractivity contribution in [3.05, 3.63) is 97.1 Å². The number of nitrogens with zero attached hydrogens (tertiary/aromatic N) is 2. The highest BCUT2D eigenvalue weighted by atomic mass is 16.5. The molecular weight excluding hydrogens is 396 g/mol. The summed E-state index contributed by atoms with van der Waals surface area (Å²) in [6.45, 7) is 2.18. The predicted octanol–water partition coefficient (Wildman–Crippen LogP) is 6.51. The van der Waals surface area contributed by atoms with E-state index in [4.69, 9.17) is 4.74 Å². The Morgan fingerprint density at radius 2 is 0.938 bits per heavy atom. The summed E-state index contributed by atoms with van der Waals surface area (Å²) >= 11 is 0. The number of ether oxygens (including phenoxy) is 1. The SMILES string of the molecule is CCOC(=O)C(n1c2ccccc2c2ccccc21)n1c2ccccc2c2ccccc21. The van der Waals surface area contributed by atoms with Crippen LogP contribution in [0.2, 0.25) is 0 Å². The van der Waals surface area contributed by atoms with Gasteiger partial charge in [-0.2, -0.15) is 0 Å². The first-order valence-electron chi connectivity index (χ1n) is 10.9. The number of para-hydroxylation sites is 4. The minimum absolute atomic E-state index is 0.273. The van der Waals surface area contributed by atoms with Crippen LogP contribution in [-0.4, -0.2) is 21.7 Å². The van der Waals surface area contributed by atoms with Gasteiger partial charge in [0.25, 0.3) is 0 Å². The van der Waals surface area contributed by atoms with Gasteiger partial charge in [0.1, 0.15) is 0 Å². The van der Waals surface area contributed by atoms with Gasteiger partial charge in [0.2, 0.25) is 6.17 Å². The standard InChI is InChI=1S/C28H22N2O2/c1-2-32-28(31)27(29-23-15-7-3-11-19(23)20-12-4-8-16-24(20)29)30-25-17-9-5-13-21(25)22-14-6-10-18-26(22)30/h3-18,27H,2H2,1H3. The Morgan fingerprint density at radius 1 is 0.625 bits per heavy atom. The van der Waals surface area contributed by atoms with Gasteiger partial charge in [-0.15, -0.1) is 0 Å². The molecule has 0 fully saturated rings. The number of carbonyl (C=O) groups is 1. The summed E-state index contributed by atoms with van der Waals surface area (Å²) in [6, 6.07) is 33.0. The molecule has 0 amide bonds. The Morgan fingerprint density at radius 3 is 1.25 bits per heavy atom. The van der Waals surface area contributed by atoms with Gasteiger partial charge in [-0.1, -0.05) is 72.8 Å². The van der Waals surface area contributed by atoms with Crippen LogP contribution in [0.3, 0.4) is 0 Å². The summed E-state index contributed by atoms with van der Waals surface area (Å²) < 4.78 is 9.92. The topological polar surface area (TPSA) is 36.2 Å². The Kier molecular flexibility index (Phi) is 4.25. The summed E-state index contributed by atoms with van der Waals surface area (Å²) in [5.41, 5.74) is 4.03. The van der Waals surface area contributed by atoms with Crippen molar-refractivity contribution in [1.82, 2.24) is 9.13 Å². The molecule has 0 saturated carbocycles. The molecular formula is C28H22N2O2. The fourth-order valence-electron chi connectivity index (χ4n) is 4.98. The lowest BCUT2D eigenvalue weighted by atomic mass is 10.2. The third kappa shape index (κ3) is 2.59. The second-order valence-electron chi connectivity index (χ2n) is 7.93. The number of hydrogen-bond donors (Lipinski definition) is 0. The molecule has 0 aliphatic rings. The van der Waals surface area contributed by atoms with Crippen molar-refractivity contribution in [3.8, 4) is 0 Å². The highest BCUT2D eigenvalue weighted by Crippen LogP contribution is 2.37. The van der Waals surface area contributed by atoms with E-state index in [1.54, 1.807) is 0 Å². The smallest absolute Gasteiger partial charge is 0.350 e. The molecule has 0 N–H and O–H groups in total. The van der Waals surface area contributed by atoms with Crippen LogP contribution in [0.5, 0.6) is 0 Å². The van der Waals surface area contributed by atoms with Gasteiger partial charge in [0.15, 0.2) is 0 Å². The third-order valence-electron chi connectivity index (χ3n) is 6.22. The maximum Gasteiger partial charge on any atom is 0.350 e. The monoisotopic (exact) mass is 418 g/mol. The first-order chi connectivity index (χ1) is 15.8. The maximum atomic E-state index is 13.7. The molecule has 0 spiro atoms. The first-order valence-corrected chi connectivity index (χ1v) is 10.9. The summed E-state index contributed by atoms with van der Waals surface area (Å²) in [7, 11) is 0. The van der Waals surface area contributed by atoms with E-state index in [0.29, 0.717) is 6.61 Å². The molecule has 0 aliphatic carbocycles. The lowest BCUT2D eigenvalue weighted by molar-refractivity contribution is -0.147. The minimum Gasteiger partial charge on any atom is -0.463 e. The number of rotatable bonds is 4. The Bertz CT molecular complexity index is 1400. The Balaban J connectivity index is 1.79. The van der Waals surface area contributed by atoms with Crippen molar-refractivity contribution in [2.75, 3.05) is 6.61 Å². The van der Waals surface area contributed by atoms with Crippen LogP contribution < -0.4 is 0 Å². The third-order valence-corrected chi connectivity index (χ3v) is 6.22. The van der Waals surface area contributed by atoms with Gasteiger partial charge < -0.3 is 13.9 Å². The Hall–Kier alpha value is -4.05. The average Bonchev–Trinajstić information content (AvgIpc) is 3.34. The number of benzene rings is 4. The number of carbonyl (C=O) groups excluding carboxylic acids is 1. The van der Waals surface area contributed by atoms with E-state index in [1.165, 1.54) is 0 Å². The van der Waals surface area contributed by atoms with Gasteiger partial charge in [-0.25, -0.2) is 4.79 Å². The van der Waals surface area contributed by atoms with Crippen molar-refractivity contribution in [2.24, 2.45) is 0 Å². The maximum absolute atomic E-state index is 13.7. The zero-order valence-corrected chi connectivity index (χ0v) is 17.7. The van der Waals surface area contributed by atoms with Crippen molar-refractivity contribution < 1.29 is 9.53 Å². The highest BCUT2D eigenvalue weighted by Gasteiger charge is 2.30. The molecule has 0 saturated heterocycles. The first kappa shape index (κ1) is 18.7. The molecule has 0 aliphatic heterocycles. The summed E-state index contributed by atoms with van der Waals surface area (Å²) in [6.07, 6.45) is -0.676. The predicted molar refractivity (Wildman–Crippen MR) is 130 cm³/mol. The van der Waals surface area contributed by atoms with Crippen molar-refractivity contribution in [2.45, 2.75) is 13.1 Å². The van der Waals surface area contributed by atoms with E-state index in [-0.39, 0.29) is 5.97 Å². The van der Waals surface area contributed by atoms with E-state index in [1.807, 2.05) is 55.5 Å². The molecule has 6 rings (SSSR count). The molecule has 4 heteroatoms. The molecule has 4 nitrogen and oxygen atoms in total. The number of fused-ring (bicyclic) bond motifs is 6. The van der Waals surface area contributed by atoms with Crippen LogP contribution in [0.15, 0.2) is 97.1 Å². The largest absolute Gasteiger partial charge is 0.463 e. The van der Waals surface area contributed by atoms with Crippen LogP contribution >= 0.6 is 0 Å². The molecule has 0 bridgehead atoms. The second-order valence-corrected chi connectivity index (χ2v) is 7.93. The number of aromatic nitrogens is 2. The summed E-state index contributed by atoms with van der Waals surface area (Å²) in [4.78, 5) is 13.7. The number of esters is 1. The molecule has 32 heavy (non-hydrogen) atoms. The van der Waals surface area contributed by atoms with Gasteiger partial charge in [-0.3, -0.25) is 0 Å². The summed E-state index contributed by atoms with van der Waals surface area (Å²) in [5.74, 6) is -0.273. The molecule has 0 unspecified atom stereocenters. The van der Waals surface area contributed by atoms with Gasteiger partial charge in [-0.05, 0) is 31.2 Å². The number of hydrogen-bond acceptors (Lipinski definition) is 2. The van der Waals surface area contributed by atoms with E-state index in [0.717, 1.165) is 43.6 Å². The van der Waals surface area contributed by atoms with E-state index in [9.17, 15) is 4.79 Å². The molecule has 0 atom stereocenters. The zero-order chi connectivity index (χ0) is 21.7. The highest BCUT2D eigenvalue weighted by molar-refractivity contribution is 6.11. The van der Waals surface area contributed by atoms with Crippen LogP contribution in [0.25, 0.3) is 43.6 Å². The lowest BCUT2D eigenvalue weighted by Gasteiger charge is -2.23. The van der Waals surface area contributed by atoms with Gasteiger partial charge in [0.05, 0.1) is 28.7 Å². The summed E-state index contributed by atoms with van der Waals surface area (Å²) in [5, 5.41) is 4.49. The lowest BCUT2D eigenvalue weighted by Crippen LogP contribution is -2.28. The van der Waals surface area contributed by atoms with Crippen LogP contribution in [-0.2, 0) is 9.53 Å². The zero-order valence-electron chi connectivity index (χ0n) is 17.7. The molecule has 0 radical (unpaired) electrons. The van der Waals surface area contributed by atoms with Crippen molar-refractivity contribution in [1.29, 1.82) is 0 Å². The van der Waals surface area contributed by atoms with Gasteiger partial charge in [0, 0.05) is 21.5 Å². The van der Waals surface area contributed by atoms with Crippen LogP contribution in [0.4, 0.5) is 0 Å². The van der Waals surface area contributed by atoms with E-state index < -0.39 is 6.17 Å². The van der Waals surface area contributed by atoms with E-state index in [2.05, 4.69) is 57.7 Å². The van der Waals surface area contributed by atoms with Gasteiger partial charge >= 0.3 is 5.97 Å². The Labute approximate surface area is 185 Å². The molecule has 2 aromatic heterocycles. The van der Waals surface area contributed by atoms with Crippen molar-refractivity contribution >= 4 is 49.6 Å². The minimum atomic E-state index is -0.676.